The van der Waals surface area contributed by atoms with E-state index in [0.717, 1.165) is 0 Å². The number of carbonyl (C=O) groups is 2. The molecule has 0 fully saturated rings. The maximum Gasteiger partial charge on any atom is 0.236 e. The van der Waals surface area contributed by atoms with Crippen LogP contribution in [0, 0.1) is 0 Å². The minimum Gasteiger partial charge on any atom is -0.457 e. The van der Waals surface area contributed by atoms with Crippen LogP contribution in [0.25, 0.3) is 0 Å². The number of aldehydes is 1. The quantitative estimate of drug-likeness (QED) is 0.688. The van der Waals surface area contributed by atoms with E-state index in [0.29, 0.717) is 30.9 Å². The van der Waals surface area contributed by atoms with Crippen molar-refractivity contribution in [2.24, 2.45) is 0 Å². The first-order valence-electron chi connectivity index (χ1n) is 4.95. The summed E-state index contributed by atoms with van der Waals surface area (Å²) in [4.78, 5) is 25.2. The second-order valence-electron chi connectivity index (χ2n) is 3.88. The Balaban J connectivity index is 2.48. The van der Waals surface area contributed by atoms with Crippen molar-refractivity contribution < 1.29 is 14.0 Å². The highest BCUT2D eigenvalue weighted by molar-refractivity contribution is 5.77. The maximum absolute atomic E-state index is 11.4. The lowest BCUT2D eigenvalue weighted by Crippen LogP contribution is -2.33. The van der Waals surface area contributed by atoms with Gasteiger partial charge in [-0.1, -0.05) is 0 Å². The molecule has 1 aromatic heterocycles. The summed E-state index contributed by atoms with van der Waals surface area (Å²) in [6, 6.07) is 3.35. The summed E-state index contributed by atoms with van der Waals surface area (Å²) in [5.41, 5.74) is 0. The molecule has 0 saturated carbocycles. The molecule has 0 unspecified atom stereocenters. The van der Waals surface area contributed by atoms with Gasteiger partial charge in [0, 0.05) is 14.1 Å². The van der Waals surface area contributed by atoms with Gasteiger partial charge in [0.05, 0.1) is 13.1 Å². The fraction of sp³-hybridized carbons (Fsp3) is 0.455. The van der Waals surface area contributed by atoms with Crippen molar-refractivity contribution in [1.29, 1.82) is 0 Å². The molecule has 1 rings (SSSR count). The molecule has 0 radical (unpaired) electrons. The number of hydrogen-bond donors (Lipinski definition) is 0. The van der Waals surface area contributed by atoms with E-state index in [1.807, 2.05) is 11.9 Å². The van der Waals surface area contributed by atoms with Crippen LogP contribution < -0.4 is 0 Å². The van der Waals surface area contributed by atoms with E-state index in [2.05, 4.69) is 0 Å². The van der Waals surface area contributed by atoms with Crippen LogP contribution in [0.5, 0.6) is 0 Å². The number of carbonyl (C=O) groups excluding carboxylic acids is 2. The highest BCUT2D eigenvalue weighted by atomic mass is 16.3. The van der Waals surface area contributed by atoms with Crippen molar-refractivity contribution >= 4 is 12.2 Å². The smallest absolute Gasteiger partial charge is 0.236 e. The zero-order chi connectivity index (χ0) is 12.1. The Hall–Kier alpha value is -1.62. The SMILES string of the molecule is CN(CC(=O)N(C)C)Cc1ccc(C=O)o1. The molecule has 88 valence electrons. The first kappa shape index (κ1) is 12.4. The highest BCUT2D eigenvalue weighted by Crippen LogP contribution is 2.07. The average molecular weight is 224 g/mol. The molecular formula is C11H16N2O3. The lowest BCUT2D eigenvalue weighted by Gasteiger charge is -2.17. The summed E-state index contributed by atoms with van der Waals surface area (Å²) in [6.45, 7) is 0.831. The van der Waals surface area contributed by atoms with E-state index in [1.165, 1.54) is 4.90 Å². The van der Waals surface area contributed by atoms with E-state index < -0.39 is 0 Å². The van der Waals surface area contributed by atoms with E-state index in [1.54, 1.807) is 26.2 Å². The van der Waals surface area contributed by atoms with Crippen molar-refractivity contribution in [2.75, 3.05) is 27.7 Å². The standard InChI is InChI=1S/C11H16N2O3/c1-12(2)11(15)7-13(3)6-9-4-5-10(8-14)16-9/h4-5,8H,6-7H2,1-3H3. The van der Waals surface area contributed by atoms with Gasteiger partial charge in [-0.15, -0.1) is 0 Å². The van der Waals surface area contributed by atoms with Crippen molar-refractivity contribution in [3.05, 3.63) is 23.7 Å². The third-order valence-electron chi connectivity index (χ3n) is 2.13. The van der Waals surface area contributed by atoms with Crippen LogP contribution in [0.4, 0.5) is 0 Å². The molecule has 1 aromatic rings. The van der Waals surface area contributed by atoms with Crippen molar-refractivity contribution in [3.63, 3.8) is 0 Å². The van der Waals surface area contributed by atoms with Crippen LogP contribution in [-0.4, -0.2) is 49.7 Å². The number of likely N-dealkylation sites (N-methyl/N-ethyl adjacent to an activating group) is 2. The van der Waals surface area contributed by atoms with Crippen LogP contribution in [0.2, 0.25) is 0 Å². The van der Waals surface area contributed by atoms with Gasteiger partial charge in [-0.05, 0) is 19.2 Å². The predicted molar refractivity (Wildman–Crippen MR) is 59.1 cm³/mol. The Labute approximate surface area is 94.6 Å². The van der Waals surface area contributed by atoms with Gasteiger partial charge in [-0.2, -0.15) is 0 Å². The maximum atomic E-state index is 11.4. The molecule has 0 aliphatic carbocycles. The van der Waals surface area contributed by atoms with Gasteiger partial charge < -0.3 is 9.32 Å². The molecule has 1 heterocycles. The van der Waals surface area contributed by atoms with E-state index in [9.17, 15) is 9.59 Å². The van der Waals surface area contributed by atoms with E-state index in [-0.39, 0.29) is 5.91 Å². The van der Waals surface area contributed by atoms with Gasteiger partial charge in [0.2, 0.25) is 5.91 Å². The Morgan fingerprint density at radius 1 is 1.38 bits per heavy atom. The average Bonchev–Trinajstić information content (AvgIpc) is 2.65. The van der Waals surface area contributed by atoms with Gasteiger partial charge in [0.15, 0.2) is 12.0 Å². The minimum atomic E-state index is 0.0321. The highest BCUT2D eigenvalue weighted by Gasteiger charge is 2.10. The zero-order valence-corrected chi connectivity index (χ0v) is 9.77. The number of rotatable bonds is 5. The first-order chi connectivity index (χ1) is 7.52. The fourth-order valence-electron chi connectivity index (χ4n) is 1.24. The Morgan fingerprint density at radius 2 is 2.06 bits per heavy atom. The summed E-state index contributed by atoms with van der Waals surface area (Å²) in [6.07, 6.45) is 0.661. The Morgan fingerprint density at radius 3 is 2.56 bits per heavy atom. The molecule has 0 aromatic carbocycles. The third kappa shape index (κ3) is 3.51. The minimum absolute atomic E-state index is 0.0321. The number of amides is 1. The normalized spacial score (nSPS) is 10.5. The molecule has 5 heteroatoms. The number of nitrogens with zero attached hydrogens (tertiary/aromatic N) is 2. The van der Waals surface area contributed by atoms with Crippen LogP contribution in [0.3, 0.4) is 0 Å². The monoisotopic (exact) mass is 224 g/mol. The summed E-state index contributed by atoms with van der Waals surface area (Å²) >= 11 is 0. The molecule has 0 aliphatic rings. The second-order valence-corrected chi connectivity index (χ2v) is 3.88. The molecular weight excluding hydrogens is 208 g/mol. The zero-order valence-electron chi connectivity index (χ0n) is 9.77. The first-order valence-corrected chi connectivity index (χ1v) is 4.95. The van der Waals surface area contributed by atoms with Crippen LogP contribution in [0.15, 0.2) is 16.5 Å². The van der Waals surface area contributed by atoms with Crippen LogP contribution in [-0.2, 0) is 11.3 Å². The largest absolute Gasteiger partial charge is 0.457 e. The van der Waals surface area contributed by atoms with Crippen LogP contribution >= 0.6 is 0 Å². The molecule has 0 bridgehead atoms. The van der Waals surface area contributed by atoms with Gasteiger partial charge in [0.1, 0.15) is 5.76 Å². The molecule has 0 aliphatic heterocycles. The van der Waals surface area contributed by atoms with Gasteiger partial charge in [-0.25, -0.2) is 0 Å². The molecule has 0 spiro atoms. The molecule has 0 saturated heterocycles. The summed E-state index contributed by atoms with van der Waals surface area (Å²) in [5.74, 6) is 1.02. The van der Waals surface area contributed by atoms with Crippen LogP contribution in [0.1, 0.15) is 16.3 Å². The van der Waals surface area contributed by atoms with Gasteiger partial charge >= 0.3 is 0 Å². The van der Waals surface area contributed by atoms with E-state index in [4.69, 9.17) is 4.42 Å². The summed E-state index contributed by atoms with van der Waals surface area (Å²) in [7, 11) is 5.26. The lowest BCUT2D eigenvalue weighted by atomic mass is 10.4. The lowest BCUT2D eigenvalue weighted by molar-refractivity contribution is -0.129. The summed E-state index contributed by atoms with van der Waals surface area (Å²) in [5, 5.41) is 0. The van der Waals surface area contributed by atoms with Gasteiger partial charge in [0.25, 0.3) is 0 Å². The Bertz CT molecular complexity index is 371. The molecule has 0 atom stereocenters. The van der Waals surface area contributed by atoms with E-state index >= 15 is 0 Å². The molecule has 0 N–H and O–H groups in total. The molecule has 1 amide bonds. The van der Waals surface area contributed by atoms with Crippen molar-refractivity contribution in [3.8, 4) is 0 Å². The van der Waals surface area contributed by atoms with Crippen molar-refractivity contribution in [2.45, 2.75) is 6.54 Å². The van der Waals surface area contributed by atoms with Gasteiger partial charge in [-0.3, -0.25) is 14.5 Å². The second kappa shape index (κ2) is 5.46. The third-order valence-corrected chi connectivity index (χ3v) is 2.13. The number of hydrogen-bond acceptors (Lipinski definition) is 4. The molecule has 16 heavy (non-hydrogen) atoms. The Kier molecular flexibility index (Phi) is 4.25. The topological polar surface area (TPSA) is 53.8 Å². The molecule has 5 nitrogen and oxygen atoms in total. The summed E-state index contributed by atoms with van der Waals surface area (Å²) < 4.78 is 5.21. The number of furan rings is 1. The predicted octanol–water partition coefficient (Wildman–Crippen LogP) is 0.612. The fourth-order valence-corrected chi connectivity index (χ4v) is 1.24. The van der Waals surface area contributed by atoms with Crippen molar-refractivity contribution in [1.82, 2.24) is 9.80 Å².